The Hall–Kier alpha value is -2.34. The highest BCUT2D eigenvalue weighted by Gasteiger charge is 2.54. The molecule has 13 heteroatoms. The zero-order chi connectivity index (χ0) is 19.6. The van der Waals surface area contributed by atoms with E-state index in [0.29, 0.717) is 9.78 Å². The van der Waals surface area contributed by atoms with Crippen molar-refractivity contribution in [1.82, 2.24) is 10.2 Å². The smallest absolute Gasteiger partial charge is 0.352 e. The Morgan fingerprint density at radius 2 is 2.30 bits per heavy atom. The number of β-lactam (4-membered cyclic amide) rings is 1. The minimum atomic E-state index is -1.50. The molecule has 142 valence electrons. The lowest BCUT2D eigenvalue weighted by Gasteiger charge is -2.49. The lowest BCUT2D eigenvalue weighted by molar-refractivity contribution is -0.150. The highest BCUT2D eigenvalue weighted by molar-refractivity contribution is 8.00. The second-order valence-corrected chi connectivity index (χ2v) is 9.25. The summed E-state index contributed by atoms with van der Waals surface area (Å²) in [6.07, 6.45) is 0. The van der Waals surface area contributed by atoms with Gasteiger partial charge in [-0.1, -0.05) is 11.2 Å². The molecule has 0 saturated carbocycles. The predicted molar refractivity (Wildman–Crippen MR) is 99.3 cm³/mol. The summed E-state index contributed by atoms with van der Waals surface area (Å²) in [6.45, 7) is -0.140. The molecule has 0 bridgehead atoms. The fraction of sp³-hybridized carbons (Fsp3) is 0.357. The Kier molecular flexibility index (Phi) is 5.85. The van der Waals surface area contributed by atoms with E-state index < -0.39 is 40.0 Å². The van der Waals surface area contributed by atoms with Gasteiger partial charge >= 0.3 is 5.97 Å². The number of hydrogen-bond donors (Lipinski definition) is 2. The zero-order valence-electron chi connectivity index (χ0n) is 13.6. The molecule has 2 N–H and O–H groups in total. The van der Waals surface area contributed by atoms with Crippen LogP contribution in [0.1, 0.15) is 0 Å². The van der Waals surface area contributed by atoms with E-state index in [1.54, 1.807) is 17.5 Å². The molecule has 1 aromatic rings. The van der Waals surface area contributed by atoms with E-state index in [1.165, 1.54) is 23.1 Å². The van der Waals surface area contributed by atoms with Gasteiger partial charge in [0.25, 0.3) is 5.91 Å². The van der Waals surface area contributed by atoms with E-state index in [2.05, 4.69) is 15.3 Å². The highest BCUT2D eigenvalue weighted by atomic mass is 32.2. The van der Waals surface area contributed by atoms with Gasteiger partial charge in [0.1, 0.15) is 22.9 Å². The van der Waals surface area contributed by atoms with Gasteiger partial charge < -0.3 is 10.4 Å². The third-order valence-electron chi connectivity index (χ3n) is 3.87. The number of amides is 2. The molecular formula is C14H13N5O5S3. The number of hydrogen-bond acceptors (Lipinski definition) is 7. The number of carbonyl (C=O) groups excluding carboxylic acids is 2. The third-order valence-corrected chi connectivity index (χ3v) is 7.83. The number of carbonyl (C=O) groups is 3. The van der Waals surface area contributed by atoms with Crippen LogP contribution in [0.25, 0.3) is 10.4 Å². The van der Waals surface area contributed by atoms with Crippen molar-refractivity contribution in [2.24, 2.45) is 5.11 Å². The first-order chi connectivity index (χ1) is 12.9. The first-order valence-corrected chi connectivity index (χ1v) is 10.8. The van der Waals surface area contributed by atoms with Gasteiger partial charge in [0, 0.05) is 10.7 Å². The standard InChI is InChI=1S/C14H13N5O5S3/c15-18-16-4-7-5-26-13-10(12(21)19(13)11(7)14(22)23)17-8(20)6-27(24)9-2-1-3-25-9/h1-3,10,13H,4-6H2,(H,17,20)(H,22,23)/t10?,13-,27?/m0/s1. The van der Waals surface area contributed by atoms with Gasteiger partial charge in [-0.05, 0) is 22.6 Å². The molecule has 2 amide bonds. The molecule has 3 rings (SSSR count). The van der Waals surface area contributed by atoms with Crippen LogP contribution in [0.5, 0.6) is 0 Å². The summed E-state index contributed by atoms with van der Waals surface area (Å²) in [5.41, 5.74) is 8.56. The number of nitrogens with one attached hydrogen (secondary N) is 1. The summed E-state index contributed by atoms with van der Waals surface area (Å²) < 4.78 is 12.7. The number of fused-ring (bicyclic) bond motifs is 1. The molecular weight excluding hydrogens is 414 g/mol. The molecule has 10 nitrogen and oxygen atoms in total. The predicted octanol–water partition coefficient (Wildman–Crippen LogP) is 0.905. The van der Waals surface area contributed by atoms with E-state index >= 15 is 0 Å². The van der Waals surface area contributed by atoms with Gasteiger partial charge in [-0.25, -0.2) is 4.79 Å². The topological polar surface area (TPSA) is 153 Å². The summed E-state index contributed by atoms with van der Waals surface area (Å²) in [7, 11) is -1.50. The second kappa shape index (κ2) is 8.13. The first kappa shape index (κ1) is 19.4. The molecule has 0 radical (unpaired) electrons. The van der Waals surface area contributed by atoms with Crippen LogP contribution in [-0.4, -0.2) is 61.5 Å². The highest BCUT2D eigenvalue weighted by Crippen LogP contribution is 2.40. The van der Waals surface area contributed by atoms with E-state index in [4.69, 9.17) is 5.53 Å². The van der Waals surface area contributed by atoms with Crippen molar-refractivity contribution in [3.05, 3.63) is 39.2 Å². The normalized spacial score (nSPS) is 22.4. The molecule has 27 heavy (non-hydrogen) atoms. The molecule has 0 spiro atoms. The van der Waals surface area contributed by atoms with Crippen LogP contribution in [0.4, 0.5) is 0 Å². The Labute approximate surface area is 163 Å². The fourth-order valence-corrected chi connectivity index (χ4v) is 5.97. The van der Waals surface area contributed by atoms with Gasteiger partial charge in [0.15, 0.2) is 0 Å². The monoisotopic (exact) mass is 427 g/mol. The molecule has 0 aromatic carbocycles. The van der Waals surface area contributed by atoms with Crippen LogP contribution in [-0.2, 0) is 25.2 Å². The van der Waals surface area contributed by atoms with Gasteiger partial charge in [-0.2, -0.15) is 0 Å². The number of carboxylic acids is 1. The molecule has 1 aromatic heterocycles. The average Bonchev–Trinajstić information content (AvgIpc) is 3.18. The van der Waals surface area contributed by atoms with Gasteiger partial charge in [-0.3, -0.25) is 18.7 Å². The van der Waals surface area contributed by atoms with E-state index in [0.717, 1.165) is 4.90 Å². The number of aliphatic carboxylic acids is 1. The Balaban J connectivity index is 1.68. The minimum absolute atomic E-state index is 0.140. The van der Waals surface area contributed by atoms with Crippen molar-refractivity contribution in [2.75, 3.05) is 18.1 Å². The number of thiophene rings is 1. The zero-order valence-corrected chi connectivity index (χ0v) is 16.1. The molecule has 2 aliphatic rings. The molecule has 3 heterocycles. The SMILES string of the molecule is [N-]=[N+]=NCC1=C(C(=O)O)N2C(=O)C(NC(=O)CS(=O)c3cccs3)[C@@H]2SC1. The van der Waals surface area contributed by atoms with E-state index in [9.17, 15) is 23.7 Å². The summed E-state index contributed by atoms with van der Waals surface area (Å²) in [6, 6.07) is 2.52. The Morgan fingerprint density at radius 1 is 1.52 bits per heavy atom. The maximum atomic E-state index is 12.4. The summed E-state index contributed by atoms with van der Waals surface area (Å²) >= 11 is 2.55. The van der Waals surface area contributed by atoms with Crippen LogP contribution >= 0.6 is 23.1 Å². The maximum Gasteiger partial charge on any atom is 0.352 e. The molecule has 2 unspecified atom stereocenters. The third kappa shape index (κ3) is 3.86. The molecule has 1 saturated heterocycles. The first-order valence-electron chi connectivity index (χ1n) is 7.56. The number of nitrogens with zero attached hydrogens (tertiary/aromatic N) is 4. The van der Waals surface area contributed by atoms with E-state index in [-0.39, 0.29) is 23.7 Å². The lowest BCUT2D eigenvalue weighted by Crippen LogP contribution is -2.70. The van der Waals surface area contributed by atoms with Crippen LogP contribution in [0, 0.1) is 0 Å². The number of rotatable bonds is 7. The Bertz CT molecular complexity index is 893. The van der Waals surface area contributed by atoms with Crippen LogP contribution in [0.3, 0.4) is 0 Å². The quantitative estimate of drug-likeness (QED) is 0.285. The largest absolute Gasteiger partial charge is 0.477 e. The summed E-state index contributed by atoms with van der Waals surface area (Å²) in [4.78, 5) is 39.8. The molecule has 2 aliphatic heterocycles. The second-order valence-electron chi connectivity index (χ2n) is 5.52. The minimum Gasteiger partial charge on any atom is -0.477 e. The number of carboxylic acid groups (broad SMARTS) is 1. The van der Waals surface area contributed by atoms with Gasteiger partial charge in [-0.15, -0.1) is 23.1 Å². The van der Waals surface area contributed by atoms with Crippen molar-refractivity contribution in [2.45, 2.75) is 15.6 Å². The summed E-state index contributed by atoms with van der Waals surface area (Å²) in [5, 5.41) is 16.5. The van der Waals surface area contributed by atoms with Crippen molar-refractivity contribution >= 4 is 51.7 Å². The van der Waals surface area contributed by atoms with Crippen LogP contribution in [0.15, 0.2) is 38.1 Å². The van der Waals surface area contributed by atoms with Crippen molar-refractivity contribution in [3.8, 4) is 0 Å². The number of azide groups is 1. The molecule has 3 atom stereocenters. The van der Waals surface area contributed by atoms with Crippen molar-refractivity contribution < 1.29 is 23.7 Å². The van der Waals surface area contributed by atoms with Crippen molar-refractivity contribution in [1.29, 1.82) is 0 Å². The average molecular weight is 427 g/mol. The number of thioether (sulfide) groups is 1. The van der Waals surface area contributed by atoms with Gasteiger partial charge in [0.2, 0.25) is 5.91 Å². The maximum absolute atomic E-state index is 12.4. The summed E-state index contributed by atoms with van der Waals surface area (Å²) in [5.74, 6) is -2.40. The van der Waals surface area contributed by atoms with Gasteiger partial charge in [0.05, 0.1) is 21.6 Å². The Morgan fingerprint density at radius 3 is 2.93 bits per heavy atom. The lowest BCUT2D eigenvalue weighted by atomic mass is 10.0. The van der Waals surface area contributed by atoms with E-state index in [1.807, 2.05) is 0 Å². The molecule has 0 aliphatic carbocycles. The fourth-order valence-electron chi connectivity index (χ4n) is 2.72. The molecule has 1 fully saturated rings. The van der Waals surface area contributed by atoms with Crippen molar-refractivity contribution in [3.63, 3.8) is 0 Å². The van der Waals surface area contributed by atoms with Crippen LogP contribution in [0.2, 0.25) is 0 Å². The van der Waals surface area contributed by atoms with Crippen LogP contribution < -0.4 is 5.32 Å².